The van der Waals surface area contributed by atoms with Crippen molar-refractivity contribution in [2.24, 2.45) is 0 Å². The molecule has 0 spiro atoms. The van der Waals surface area contributed by atoms with Crippen LogP contribution in [-0.2, 0) is 25.6 Å². The molecule has 0 aliphatic heterocycles. The fourth-order valence-electron chi connectivity index (χ4n) is 2.06. The molecule has 2 aromatic rings. The van der Waals surface area contributed by atoms with Crippen molar-refractivity contribution in [1.29, 1.82) is 0 Å². The smallest absolute Gasteiger partial charge is 0.413 e. The molecule has 0 saturated heterocycles. The quantitative estimate of drug-likeness (QED) is 0.798. The summed E-state index contributed by atoms with van der Waals surface area (Å²) in [7, 11) is 1.10. The summed E-state index contributed by atoms with van der Waals surface area (Å²) in [6.45, 7) is 4.61. The molecule has 1 N–H and O–H groups in total. The van der Waals surface area contributed by atoms with Crippen molar-refractivity contribution in [3.8, 4) is 0 Å². The number of hydrogen-bond donors (Lipinski definition) is 1. The van der Waals surface area contributed by atoms with E-state index in [0.29, 0.717) is 10.2 Å². The van der Waals surface area contributed by atoms with Crippen molar-refractivity contribution in [2.45, 2.75) is 33.4 Å². The number of carbonyl (C=O) groups excluding carboxylic acids is 3. The Hall–Kier alpha value is -2.75. The number of aromatic nitrogens is 2. The van der Waals surface area contributed by atoms with Crippen molar-refractivity contribution in [3.63, 3.8) is 0 Å². The van der Waals surface area contributed by atoms with Gasteiger partial charge in [0.05, 0.1) is 18.8 Å². The van der Waals surface area contributed by atoms with Crippen LogP contribution in [0.1, 0.15) is 17.4 Å². The summed E-state index contributed by atoms with van der Waals surface area (Å²) in [6, 6.07) is 0. The fourth-order valence-corrected chi connectivity index (χ4v) is 3.05. The number of alkyl carbamates (subject to hydrolysis) is 1. The lowest BCUT2D eigenvalue weighted by molar-refractivity contribution is -0.155. The number of rotatable bonds is 4. The Morgan fingerprint density at radius 3 is 2.68 bits per heavy atom. The maximum atomic E-state index is 12.5. The van der Waals surface area contributed by atoms with Gasteiger partial charge >= 0.3 is 12.1 Å². The van der Waals surface area contributed by atoms with Gasteiger partial charge in [0.2, 0.25) is 0 Å². The maximum absolute atomic E-state index is 12.5. The zero-order valence-corrected chi connectivity index (χ0v) is 14.9. The third-order valence-electron chi connectivity index (χ3n) is 3.54. The van der Waals surface area contributed by atoms with E-state index in [1.54, 1.807) is 0 Å². The Bertz CT molecular complexity index is 901. The van der Waals surface area contributed by atoms with E-state index in [1.165, 1.54) is 24.6 Å². The predicted octanol–water partition coefficient (Wildman–Crippen LogP) is 0.889. The van der Waals surface area contributed by atoms with Gasteiger partial charge in [-0.1, -0.05) is 0 Å². The van der Waals surface area contributed by atoms with Gasteiger partial charge in [0.15, 0.2) is 6.10 Å². The van der Waals surface area contributed by atoms with E-state index in [9.17, 15) is 19.2 Å². The summed E-state index contributed by atoms with van der Waals surface area (Å²) >= 11 is 1.41. The molecule has 0 fully saturated rings. The molecule has 0 aliphatic rings. The van der Waals surface area contributed by atoms with Crippen LogP contribution in [0.15, 0.2) is 11.1 Å². The van der Waals surface area contributed by atoms with Crippen LogP contribution in [-0.4, -0.2) is 40.7 Å². The Morgan fingerprint density at radius 2 is 2.04 bits per heavy atom. The lowest BCUT2D eigenvalue weighted by atomic mass is 10.2. The van der Waals surface area contributed by atoms with Gasteiger partial charge in [-0.05, 0) is 26.3 Å². The standard InChI is InChI=1S/C15H17N3O6S/c1-7-9(3)25-13-11(7)14(21)18(6-16-13)5-10(19)24-8(2)12(20)17-15(22)23-4/h6,8H,5H2,1-4H3,(H,17,20,22)/t8-/m1/s1. The Balaban J connectivity index is 2.10. The Labute approximate surface area is 146 Å². The molecule has 0 radical (unpaired) electrons. The number of hydrogen-bond acceptors (Lipinski definition) is 8. The molecule has 2 rings (SSSR count). The minimum atomic E-state index is -1.22. The van der Waals surface area contributed by atoms with E-state index >= 15 is 0 Å². The third kappa shape index (κ3) is 4.02. The molecule has 134 valence electrons. The number of methoxy groups -OCH3 is 1. The number of thiophene rings is 1. The molecule has 0 aliphatic carbocycles. The molecule has 2 heterocycles. The molecule has 2 amide bonds. The number of aryl methyl sites for hydroxylation is 2. The largest absolute Gasteiger partial charge is 0.453 e. The minimum Gasteiger partial charge on any atom is -0.453 e. The molecule has 10 heteroatoms. The van der Waals surface area contributed by atoms with Crippen LogP contribution in [0.3, 0.4) is 0 Å². The van der Waals surface area contributed by atoms with Gasteiger partial charge in [0.25, 0.3) is 11.5 Å². The number of imide groups is 1. The van der Waals surface area contributed by atoms with Crippen molar-refractivity contribution < 1.29 is 23.9 Å². The van der Waals surface area contributed by atoms with Gasteiger partial charge in [0, 0.05) is 4.88 Å². The molecule has 0 saturated carbocycles. The van der Waals surface area contributed by atoms with Crippen LogP contribution in [0.5, 0.6) is 0 Å². The van der Waals surface area contributed by atoms with Crippen LogP contribution in [0, 0.1) is 13.8 Å². The number of esters is 1. The summed E-state index contributed by atoms with van der Waals surface area (Å²) in [6.07, 6.45) is -0.910. The van der Waals surface area contributed by atoms with E-state index < -0.39 is 30.6 Å². The number of carbonyl (C=O) groups is 3. The normalized spacial score (nSPS) is 11.8. The number of nitrogens with one attached hydrogen (secondary N) is 1. The lowest BCUT2D eigenvalue weighted by Gasteiger charge is -2.13. The van der Waals surface area contributed by atoms with Gasteiger partial charge in [-0.2, -0.15) is 0 Å². The first-order valence-electron chi connectivity index (χ1n) is 7.28. The fraction of sp³-hybridized carbons (Fsp3) is 0.400. The van der Waals surface area contributed by atoms with E-state index in [-0.39, 0.29) is 5.56 Å². The van der Waals surface area contributed by atoms with Crippen LogP contribution in [0.2, 0.25) is 0 Å². The van der Waals surface area contributed by atoms with Crippen molar-refractivity contribution in [2.75, 3.05) is 7.11 Å². The molecule has 1 atom stereocenters. The Morgan fingerprint density at radius 1 is 1.36 bits per heavy atom. The minimum absolute atomic E-state index is 0.351. The summed E-state index contributed by atoms with van der Waals surface area (Å²) < 4.78 is 10.3. The number of nitrogens with zero attached hydrogens (tertiary/aromatic N) is 2. The average Bonchev–Trinajstić information content (AvgIpc) is 2.85. The first kappa shape index (κ1) is 18.6. The summed E-state index contributed by atoms with van der Waals surface area (Å²) in [5.41, 5.74) is 0.474. The molecule has 0 unspecified atom stereocenters. The molecular formula is C15H17N3O6S. The van der Waals surface area contributed by atoms with Crippen molar-refractivity contribution in [3.05, 3.63) is 27.1 Å². The third-order valence-corrected chi connectivity index (χ3v) is 4.66. The SMILES string of the molecule is COC(=O)NC(=O)[C@@H](C)OC(=O)Cn1cnc2sc(C)c(C)c2c1=O. The highest BCUT2D eigenvalue weighted by Gasteiger charge is 2.21. The second-order valence-electron chi connectivity index (χ2n) is 5.25. The predicted molar refractivity (Wildman–Crippen MR) is 89.5 cm³/mol. The van der Waals surface area contributed by atoms with Crippen LogP contribution < -0.4 is 10.9 Å². The van der Waals surface area contributed by atoms with Crippen LogP contribution >= 0.6 is 11.3 Å². The van der Waals surface area contributed by atoms with Crippen LogP contribution in [0.4, 0.5) is 4.79 Å². The number of fused-ring (bicyclic) bond motifs is 1. The molecule has 9 nitrogen and oxygen atoms in total. The second kappa shape index (κ2) is 7.43. The molecule has 0 aromatic carbocycles. The monoisotopic (exact) mass is 367 g/mol. The summed E-state index contributed by atoms with van der Waals surface area (Å²) in [5, 5.41) is 2.35. The summed E-state index contributed by atoms with van der Waals surface area (Å²) in [4.78, 5) is 52.8. The zero-order valence-electron chi connectivity index (χ0n) is 14.1. The highest BCUT2D eigenvalue weighted by atomic mass is 32.1. The second-order valence-corrected chi connectivity index (χ2v) is 6.46. The van der Waals surface area contributed by atoms with E-state index in [4.69, 9.17) is 4.74 Å². The maximum Gasteiger partial charge on any atom is 0.413 e. The number of ether oxygens (including phenoxy) is 2. The van der Waals surface area contributed by atoms with Gasteiger partial charge < -0.3 is 9.47 Å². The van der Waals surface area contributed by atoms with Crippen LogP contribution in [0.25, 0.3) is 10.2 Å². The van der Waals surface area contributed by atoms with Gasteiger partial charge in [-0.15, -0.1) is 11.3 Å². The zero-order chi connectivity index (χ0) is 18.7. The molecule has 2 aromatic heterocycles. The molecule has 0 bridgehead atoms. The highest BCUT2D eigenvalue weighted by Crippen LogP contribution is 2.25. The van der Waals surface area contributed by atoms with Gasteiger partial charge in [0.1, 0.15) is 11.4 Å². The van der Waals surface area contributed by atoms with Gasteiger partial charge in [-0.3, -0.25) is 24.3 Å². The lowest BCUT2D eigenvalue weighted by Crippen LogP contribution is -2.40. The Kier molecular flexibility index (Phi) is 5.52. The molecular weight excluding hydrogens is 350 g/mol. The van der Waals surface area contributed by atoms with Crippen molar-refractivity contribution in [1.82, 2.24) is 14.9 Å². The topological polar surface area (TPSA) is 117 Å². The van der Waals surface area contributed by atoms with E-state index in [0.717, 1.165) is 22.1 Å². The first-order valence-corrected chi connectivity index (χ1v) is 8.09. The van der Waals surface area contributed by atoms with Crippen molar-refractivity contribution >= 4 is 39.5 Å². The van der Waals surface area contributed by atoms with Gasteiger partial charge in [-0.25, -0.2) is 9.78 Å². The summed E-state index contributed by atoms with van der Waals surface area (Å²) in [5.74, 6) is -1.63. The van der Waals surface area contributed by atoms with E-state index in [2.05, 4.69) is 9.72 Å². The van der Waals surface area contributed by atoms with E-state index in [1.807, 2.05) is 19.2 Å². The molecule has 25 heavy (non-hydrogen) atoms. The first-order chi connectivity index (χ1) is 11.7. The highest BCUT2D eigenvalue weighted by molar-refractivity contribution is 7.18. The number of amides is 2. The average molecular weight is 367 g/mol.